The maximum Gasteiger partial charge on any atom is 0.244 e. The van der Waals surface area contributed by atoms with Gasteiger partial charge in [-0.2, -0.15) is 5.10 Å². The second kappa shape index (κ2) is 2.57. The molecule has 58 valence electrons. The lowest BCUT2D eigenvalue weighted by Crippen LogP contribution is -2.15. The molecule has 1 N–H and O–H groups in total. The standard InChI is InChI=1S/C5H10N2O2S/c1-10(8,9)7-6-4-5-2-3-5/h4-5,7H,2-3H2,1H3/b6-4+. The molecule has 1 aliphatic carbocycles. The molecule has 0 bridgehead atoms. The van der Waals surface area contributed by atoms with Crippen molar-refractivity contribution in [1.29, 1.82) is 0 Å². The highest BCUT2D eigenvalue weighted by molar-refractivity contribution is 7.88. The van der Waals surface area contributed by atoms with Crippen molar-refractivity contribution in [1.82, 2.24) is 4.83 Å². The van der Waals surface area contributed by atoms with Crippen LogP contribution >= 0.6 is 0 Å². The van der Waals surface area contributed by atoms with Crippen molar-refractivity contribution in [2.24, 2.45) is 11.0 Å². The Kier molecular flexibility index (Phi) is 1.94. The number of hydrazone groups is 1. The van der Waals surface area contributed by atoms with Crippen molar-refractivity contribution in [2.45, 2.75) is 12.8 Å². The third-order valence-corrected chi connectivity index (χ3v) is 1.56. The first-order valence-electron chi connectivity index (χ1n) is 3.08. The van der Waals surface area contributed by atoms with Gasteiger partial charge in [-0.25, -0.2) is 13.2 Å². The molecule has 0 radical (unpaired) electrons. The summed E-state index contributed by atoms with van der Waals surface area (Å²) in [6.45, 7) is 0. The average molecular weight is 162 g/mol. The second-order valence-corrected chi connectivity index (χ2v) is 4.21. The number of sulfonamides is 1. The van der Waals surface area contributed by atoms with Gasteiger partial charge in [-0.15, -0.1) is 0 Å². The van der Waals surface area contributed by atoms with Gasteiger partial charge < -0.3 is 0 Å². The zero-order chi connectivity index (χ0) is 7.61. The third-order valence-electron chi connectivity index (χ3n) is 1.13. The minimum absolute atomic E-state index is 0.509. The summed E-state index contributed by atoms with van der Waals surface area (Å²) in [5.74, 6) is 0.509. The average Bonchev–Trinajstić information content (AvgIpc) is 2.45. The Morgan fingerprint density at radius 1 is 1.60 bits per heavy atom. The highest BCUT2D eigenvalue weighted by atomic mass is 32.2. The maximum absolute atomic E-state index is 10.4. The smallest absolute Gasteiger partial charge is 0.206 e. The summed E-state index contributed by atoms with van der Waals surface area (Å²) < 4.78 is 20.8. The van der Waals surface area contributed by atoms with Crippen LogP contribution in [0.2, 0.25) is 0 Å². The second-order valence-electron chi connectivity index (χ2n) is 2.48. The van der Waals surface area contributed by atoms with Crippen molar-refractivity contribution in [3.05, 3.63) is 0 Å². The monoisotopic (exact) mass is 162 g/mol. The first-order valence-corrected chi connectivity index (χ1v) is 4.97. The van der Waals surface area contributed by atoms with Gasteiger partial charge >= 0.3 is 0 Å². The van der Waals surface area contributed by atoms with E-state index in [4.69, 9.17) is 0 Å². The van der Waals surface area contributed by atoms with Gasteiger partial charge in [0.1, 0.15) is 0 Å². The summed E-state index contributed by atoms with van der Waals surface area (Å²) in [7, 11) is -3.14. The first kappa shape index (κ1) is 7.53. The molecule has 0 spiro atoms. The summed E-state index contributed by atoms with van der Waals surface area (Å²) in [5.41, 5.74) is 0. The Labute approximate surface area is 60.4 Å². The summed E-state index contributed by atoms with van der Waals surface area (Å²) in [4.78, 5) is 2.03. The molecule has 0 saturated heterocycles. The minimum Gasteiger partial charge on any atom is -0.206 e. The van der Waals surface area contributed by atoms with Crippen molar-refractivity contribution in [3.8, 4) is 0 Å². The van der Waals surface area contributed by atoms with Gasteiger partial charge in [0, 0.05) is 6.21 Å². The summed E-state index contributed by atoms with van der Waals surface area (Å²) in [6.07, 6.45) is 4.99. The van der Waals surface area contributed by atoms with Gasteiger partial charge in [0.15, 0.2) is 0 Å². The Bertz CT molecular complexity index is 228. The number of nitrogens with one attached hydrogen (secondary N) is 1. The SMILES string of the molecule is CS(=O)(=O)N/N=C/C1CC1. The lowest BCUT2D eigenvalue weighted by atomic mass is 10.5. The first-order chi connectivity index (χ1) is 4.58. The molecule has 0 aliphatic heterocycles. The maximum atomic E-state index is 10.4. The molecule has 1 rings (SSSR count). The molecule has 5 heteroatoms. The molecule has 0 aromatic carbocycles. The zero-order valence-electron chi connectivity index (χ0n) is 5.74. The molecular formula is C5H10N2O2S. The van der Waals surface area contributed by atoms with Gasteiger partial charge in [-0.1, -0.05) is 0 Å². The fraction of sp³-hybridized carbons (Fsp3) is 0.800. The predicted molar refractivity (Wildman–Crippen MR) is 39.2 cm³/mol. The summed E-state index contributed by atoms with van der Waals surface area (Å²) in [6, 6.07) is 0. The van der Waals surface area contributed by atoms with Gasteiger partial charge in [0.05, 0.1) is 6.26 Å². The molecular weight excluding hydrogens is 152 g/mol. The molecule has 1 fully saturated rings. The number of hydrogen-bond donors (Lipinski definition) is 1. The summed E-state index contributed by atoms with van der Waals surface area (Å²) >= 11 is 0. The van der Waals surface area contributed by atoms with Crippen LogP contribution in [-0.2, 0) is 10.0 Å². The molecule has 1 aliphatic rings. The predicted octanol–water partition coefficient (Wildman–Crippen LogP) is -0.0686. The van der Waals surface area contributed by atoms with Crippen molar-refractivity contribution in [3.63, 3.8) is 0 Å². The van der Waals surface area contributed by atoms with Crippen LogP contribution in [0.15, 0.2) is 5.10 Å². The van der Waals surface area contributed by atoms with Crippen LogP contribution in [0.4, 0.5) is 0 Å². The quantitative estimate of drug-likeness (QED) is 0.466. The van der Waals surface area contributed by atoms with Gasteiger partial charge in [0.2, 0.25) is 10.0 Å². The minimum atomic E-state index is -3.14. The van der Waals surface area contributed by atoms with E-state index in [-0.39, 0.29) is 0 Å². The van der Waals surface area contributed by atoms with Crippen LogP contribution in [-0.4, -0.2) is 20.9 Å². The molecule has 4 nitrogen and oxygen atoms in total. The van der Waals surface area contributed by atoms with E-state index in [1.54, 1.807) is 6.21 Å². The fourth-order valence-electron chi connectivity index (χ4n) is 0.477. The molecule has 0 amide bonds. The van der Waals surface area contributed by atoms with Crippen LogP contribution < -0.4 is 4.83 Å². The Balaban J connectivity index is 2.27. The summed E-state index contributed by atoms with van der Waals surface area (Å²) in [5, 5.41) is 3.54. The van der Waals surface area contributed by atoms with Gasteiger partial charge in [-0.05, 0) is 18.8 Å². The molecule has 0 heterocycles. The van der Waals surface area contributed by atoms with E-state index >= 15 is 0 Å². The van der Waals surface area contributed by atoms with Gasteiger partial charge in [-0.3, -0.25) is 0 Å². The Morgan fingerprint density at radius 3 is 2.60 bits per heavy atom. The van der Waals surface area contributed by atoms with E-state index in [0.717, 1.165) is 19.1 Å². The van der Waals surface area contributed by atoms with Crippen molar-refractivity contribution < 1.29 is 8.42 Å². The Hall–Kier alpha value is -0.580. The third kappa shape index (κ3) is 3.45. The Morgan fingerprint density at radius 2 is 2.20 bits per heavy atom. The van der Waals surface area contributed by atoms with Gasteiger partial charge in [0.25, 0.3) is 0 Å². The van der Waals surface area contributed by atoms with Crippen molar-refractivity contribution >= 4 is 16.2 Å². The van der Waals surface area contributed by atoms with Crippen LogP contribution in [0.25, 0.3) is 0 Å². The number of rotatable bonds is 3. The van der Waals surface area contributed by atoms with E-state index in [1.165, 1.54) is 0 Å². The molecule has 0 atom stereocenters. The van der Waals surface area contributed by atoms with Crippen LogP contribution in [0.5, 0.6) is 0 Å². The zero-order valence-corrected chi connectivity index (χ0v) is 6.56. The molecule has 1 saturated carbocycles. The van der Waals surface area contributed by atoms with Crippen LogP contribution in [0, 0.1) is 5.92 Å². The normalized spacial score (nSPS) is 19.7. The highest BCUT2D eigenvalue weighted by Crippen LogP contribution is 2.25. The van der Waals surface area contributed by atoms with E-state index in [1.807, 2.05) is 4.83 Å². The number of hydrogen-bond acceptors (Lipinski definition) is 3. The molecule has 0 aromatic rings. The largest absolute Gasteiger partial charge is 0.244 e. The van der Waals surface area contributed by atoms with E-state index in [2.05, 4.69) is 5.10 Å². The molecule has 10 heavy (non-hydrogen) atoms. The highest BCUT2D eigenvalue weighted by Gasteiger charge is 2.18. The molecule has 0 unspecified atom stereocenters. The molecule has 0 aromatic heterocycles. The van der Waals surface area contributed by atoms with E-state index < -0.39 is 10.0 Å². The van der Waals surface area contributed by atoms with Crippen LogP contribution in [0.3, 0.4) is 0 Å². The fourth-order valence-corrected chi connectivity index (χ4v) is 0.729. The lowest BCUT2D eigenvalue weighted by molar-refractivity contribution is 0.590. The van der Waals surface area contributed by atoms with Crippen LogP contribution in [0.1, 0.15) is 12.8 Å². The topological polar surface area (TPSA) is 58.5 Å². The van der Waals surface area contributed by atoms with E-state index in [9.17, 15) is 8.42 Å². The lowest BCUT2D eigenvalue weighted by Gasteiger charge is -1.91. The number of nitrogens with zero attached hydrogens (tertiary/aromatic N) is 1. The van der Waals surface area contributed by atoms with Crippen molar-refractivity contribution in [2.75, 3.05) is 6.26 Å². The van der Waals surface area contributed by atoms with E-state index in [0.29, 0.717) is 5.92 Å².